The number of hydrogen-bond donors (Lipinski definition) is 0. The fraction of sp³-hybridized carbons (Fsp3) is 0. The Balaban J connectivity index is 0.00000325. The molecule has 0 amide bonds. The molecule has 209 valence electrons. The van der Waals surface area contributed by atoms with Gasteiger partial charge in [-0.15, -0.1) is 35.4 Å². The van der Waals surface area contributed by atoms with Gasteiger partial charge in [0, 0.05) is 32.7 Å². The second kappa shape index (κ2) is 12.8. The molecule has 0 unspecified atom stereocenters. The fourth-order valence-electron chi connectivity index (χ4n) is 6.46. The van der Waals surface area contributed by atoms with Crippen LogP contribution in [0.25, 0.3) is 77.2 Å². The summed E-state index contributed by atoms with van der Waals surface area (Å²) < 4.78 is 0. The van der Waals surface area contributed by atoms with E-state index in [4.69, 9.17) is 0 Å². The van der Waals surface area contributed by atoms with Gasteiger partial charge in [-0.05, 0) is 43.8 Å². The first-order valence-corrected chi connectivity index (χ1v) is 15.0. The Morgan fingerprint density at radius 1 is 0.267 bits per heavy atom. The number of hydrogen-bond acceptors (Lipinski definition) is 0. The molecule has 0 N–H and O–H groups in total. The van der Waals surface area contributed by atoms with Gasteiger partial charge in [0.1, 0.15) is 0 Å². The molecule has 0 aliphatic heterocycles. The van der Waals surface area contributed by atoms with E-state index in [1.54, 1.807) is 0 Å². The summed E-state index contributed by atoms with van der Waals surface area (Å²) in [5, 5.41) is 4.92. The molecule has 8 aromatic carbocycles. The van der Waals surface area contributed by atoms with Gasteiger partial charge in [0.15, 0.2) is 0 Å². The van der Waals surface area contributed by atoms with E-state index in [1.165, 1.54) is 49.4 Å². The molecule has 0 nitrogen and oxygen atoms in total. The van der Waals surface area contributed by atoms with Crippen LogP contribution in [0.15, 0.2) is 170 Å². The molecule has 0 aromatic heterocycles. The fourth-order valence-corrected chi connectivity index (χ4v) is 6.46. The Labute approximate surface area is 289 Å². The summed E-state index contributed by atoms with van der Waals surface area (Å²) in [5.74, 6) is 0. The van der Waals surface area contributed by atoms with Crippen LogP contribution in [0.5, 0.6) is 0 Å². The smallest absolute Gasteiger partial charge is 0 e. The predicted molar refractivity (Wildman–Crippen MR) is 186 cm³/mol. The summed E-state index contributed by atoms with van der Waals surface area (Å²) in [7, 11) is 0. The zero-order valence-corrected chi connectivity index (χ0v) is 27.6. The maximum atomic E-state index is 3.81. The summed E-state index contributed by atoms with van der Waals surface area (Å²) in [6.07, 6.45) is 0. The third kappa shape index (κ3) is 5.46. The first kappa shape index (κ1) is 29.1. The Kier molecular flexibility index (Phi) is 8.27. The van der Waals surface area contributed by atoms with E-state index in [2.05, 4.69) is 176 Å². The predicted octanol–water partition coefficient (Wildman–Crippen LogP) is 11.9. The topological polar surface area (TPSA) is 0 Å². The van der Waals surface area contributed by atoms with Crippen molar-refractivity contribution in [2.24, 2.45) is 0 Å². The van der Waals surface area contributed by atoms with Crippen molar-refractivity contribution in [1.29, 1.82) is 0 Å². The van der Waals surface area contributed by atoms with E-state index in [0.717, 1.165) is 27.8 Å². The standard InChI is InChI=1S/C44H28.Y/c1-3-15-31(16-4-1)33-19-13-20-34(29-33)35-21-14-22-36(30-35)43-39-25-9-11-27-41(39)44(42-28-12-10-26-40(42)43)38-24-8-7-23-37(38)32-17-5-2-6-18-32;/h1-28H;/q-2;. The van der Waals surface area contributed by atoms with Crippen LogP contribution in [-0.4, -0.2) is 0 Å². The van der Waals surface area contributed by atoms with E-state index in [0.29, 0.717) is 0 Å². The van der Waals surface area contributed by atoms with Gasteiger partial charge in [-0.2, -0.15) is 35.4 Å². The van der Waals surface area contributed by atoms with Crippen molar-refractivity contribution in [1.82, 2.24) is 0 Å². The molecular weight excluding hydrogens is 617 g/mol. The normalized spacial score (nSPS) is 10.9. The Morgan fingerprint density at radius 2 is 0.667 bits per heavy atom. The van der Waals surface area contributed by atoms with Gasteiger partial charge in [0.25, 0.3) is 0 Å². The van der Waals surface area contributed by atoms with Crippen LogP contribution in [0.3, 0.4) is 0 Å². The molecular formula is C44H28Y-2. The van der Waals surface area contributed by atoms with Crippen LogP contribution in [-0.2, 0) is 32.7 Å². The second-order valence-corrected chi connectivity index (χ2v) is 11.1. The van der Waals surface area contributed by atoms with Gasteiger partial charge in [-0.25, -0.2) is 0 Å². The Bertz CT molecular complexity index is 2210. The van der Waals surface area contributed by atoms with Crippen molar-refractivity contribution < 1.29 is 32.7 Å². The molecule has 0 fully saturated rings. The van der Waals surface area contributed by atoms with E-state index in [1.807, 2.05) is 6.07 Å². The molecule has 1 heteroatoms. The molecule has 0 bridgehead atoms. The van der Waals surface area contributed by atoms with Gasteiger partial charge in [-0.3, -0.25) is 0 Å². The van der Waals surface area contributed by atoms with Gasteiger partial charge >= 0.3 is 0 Å². The largest absolute Gasteiger partial charge is 0.183 e. The molecule has 0 saturated heterocycles. The molecule has 0 aliphatic rings. The number of fused-ring (bicyclic) bond motifs is 2. The average molecular weight is 646 g/mol. The van der Waals surface area contributed by atoms with E-state index < -0.39 is 0 Å². The Morgan fingerprint density at radius 3 is 1.24 bits per heavy atom. The minimum Gasteiger partial charge on any atom is -0.183 e. The van der Waals surface area contributed by atoms with Crippen LogP contribution >= 0.6 is 0 Å². The zero-order chi connectivity index (χ0) is 29.3. The molecule has 0 aliphatic carbocycles. The van der Waals surface area contributed by atoms with Gasteiger partial charge in [-0.1, -0.05) is 145 Å². The molecule has 8 aromatic rings. The molecule has 8 rings (SSSR count). The van der Waals surface area contributed by atoms with Gasteiger partial charge < -0.3 is 0 Å². The van der Waals surface area contributed by atoms with Crippen LogP contribution in [0, 0.1) is 12.1 Å². The summed E-state index contributed by atoms with van der Waals surface area (Å²) in [5.41, 5.74) is 11.6. The van der Waals surface area contributed by atoms with Crippen molar-refractivity contribution >= 4 is 21.5 Å². The molecule has 45 heavy (non-hydrogen) atoms. The van der Waals surface area contributed by atoms with Crippen LogP contribution < -0.4 is 0 Å². The molecule has 0 atom stereocenters. The van der Waals surface area contributed by atoms with Gasteiger partial charge in [0.05, 0.1) is 0 Å². The minimum atomic E-state index is 0. The monoisotopic (exact) mass is 645 g/mol. The third-order valence-corrected chi connectivity index (χ3v) is 8.45. The third-order valence-electron chi connectivity index (χ3n) is 8.45. The number of rotatable bonds is 5. The number of benzene rings is 8. The molecule has 0 saturated carbocycles. The van der Waals surface area contributed by atoms with Crippen molar-refractivity contribution in [3.05, 3.63) is 182 Å². The van der Waals surface area contributed by atoms with E-state index in [9.17, 15) is 0 Å². The van der Waals surface area contributed by atoms with Crippen molar-refractivity contribution in [2.75, 3.05) is 0 Å². The van der Waals surface area contributed by atoms with Crippen molar-refractivity contribution in [2.45, 2.75) is 0 Å². The van der Waals surface area contributed by atoms with Crippen molar-refractivity contribution in [3.8, 4) is 55.6 Å². The van der Waals surface area contributed by atoms with Crippen LogP contribution in [0.2, 0.25) is 0 Å². The quantitative estimate of drug-likeness (QED) is 0.129. The zero-order valence-electron chi connectivity index (χ0n) is 24.7. The van der Waals surface area contributed by atoms with E-state index in [-0.39, 0.29) is 32.7 Å². The summed E-state index contributed by atoms with van der Waals surface area (Å²) in [6, 6.07) is 67.9. The molecule has 0 heterocycles. The maximum absolute atomic E-state index is 3.81. The second-order valence-electron chi connectivity index (χ2n) is 11.1. The molecule has 1 radical (unpaired) electrons. The van der Waals surface area contributed by atoms with Crippen LogP contribution in [0.1, 0.15) is 0 Å². The first-order chi connectivity index (χ1) is 21.8. The van der Waals surface area contributed by atoms with E-state index >= 15 is 0 Å². The van der Waals surface area contributed by atoms with Crippen LogP contribution in [0.4, 0.5) is 0 Å². The Hall–Kier alpha value is -4.62. The van der Waals surface area contributed by atoms with Crippen molar-refractivity contribution in [3.63, 3.8) is 0 Å². The van der Waals surface area contributed by atoms with Gasteiger partial charge in [0.2, 0.25) is 0 Å². The SMILES string of the molecule is [Y].[c-]1c(-c2[c-]c(-c3c4ccccc4c(-c4ccccc4-c4ccccc4)c4ccccc34)ccc2)cccc1-c1ccccc1. The first-order valence-electron chi connectivity index (χ1n) is 15.0. The maximum Gasteiger partial charge on any atom is 0 e. The minimum absolute atomic E-state index is 0. The summed E-state index contributed by atoms with van der Waals surface area (Å²) in [4.78, 5) is 0. The summed E-state index contributed by atoms with van der Waals surface area (Å²) >= 11 is 0. The molecule has 0 spiro atoms. The summed E-state index contributed by atoms with van der Waals surface area (Å²) in [6.45, 7) is 0. The average Bonchev–Trinajstić information content (AvgIpc) is 3.11.